The molecule has 0 aliphatic carbocycles. The number of nitrogens with zero attached hydrogens (tertiary/aromatic N) is 3. The van der Waals surface area contributed by atoms with E-state index in [2.05, 4.69) is 27.3 Å². The summed E-state index contributed by atoms with van der Waals surface area (Å²) >= 11 is 0. The number of hydrogen-bond acceptors (Lipinski definition) is 5. The number of benzene rings is 2. The molecule has 0 atom stereocenters. The molecule has 6 heteroatoms. The van der Waals surface area contributed by atoms with Crippen LogP contribution in [-0.4, -0.2) is 49.1 Å². The average Bonchev–Trinajstić information content (AvgIpc) is 2.80. The average molecular weight is 388 g/mol. The van der Waals surface area contributed by atoms with Gasteiger partial charge in [-0.3, -0.25) is 4.79 Å². The minimum atomic E-state index is -0.0109. The number of hydrogen-bond donors (Lipinski definition) is 1. The molecule has 1 aliphatic heterocycles. The van der Waals surface area contributed by atoms with Gasteiger partial charge in [0.2, 0.25) is 0 Å². The van der Waals surface area contributed by atoms with E-state index < -0.39 is 0 Å². The lowest BCUT2D eigenvalue weighted by molar-refractivity contribution is 0.0747. The van der Waals surface area contributed by atoms with Crippen molar-refractivity contribution in [1.29, 1.82) is 0 Å². The number of anilines is 3. The molecule has 4 rings (SSSR count). The second-order valence-corrected chi connectivity index (χ2v) is 6.84. The van der Waals surface area contributed by atoms with Crippen molar-refractivity contribution in [3.8, 4) is 5.75 Å². The Morgan fingerprint density at radius 2 is 1.66 bits per heavy atom. The minimum Gasteiger partial charge on any atom is -0.495 e. The maximum absolute atomic E-state index is 13.2. The summed E-state index contributed by atoms with van der Waals surface area (Å²) in [5.74, 6) is 1.23. The van der Waals surface area contributed by atoms with Crippen LogP contribution in [0.1, 0.15) is 10.4 Å². The zero-order valence-electron chi connectivity index (χ0n) is 16.4. The molecule has 148 valence electrons. The van der Waals surface area contributed by atoms with Crippen molar-refractivity contribution < 1.29 is 9.53 Å². The second kappa shape index (κ2) is 8.65. The van der Waals surface area contributed by atoms with E-state index in [1.165, 1.54) is 5.69 Å². The normalized spacial score (nSPS) is 13.8. The van der Waals surface area contributed by atoms with Crippen molar-refractivity contribution in [2.24, 2.45) is 0 Å². The molecule has 0 unspecified atom stereocenters. The highest BCUT2D eigenvalue weighted by Crippen LogP contribution is 2.28. The number of rotatable bonds is 5. The third-order valence-electron chi connectivity index (χ3n) is 5.09. The highest BCUT2D eigenvalue weighted by Gasteiger charge is 2.24. The lowest BCUT2D eigenvalue weighted by Gasteiger charge is -2.36. The van der Waals surface area contributed by atoms with E-state index in [0.717, 1.165) is 18.8 Å². The van der Waals surface area contributed by atoms with E-state index >= 15 is 0 Å². The number of methoxy groups -OCH3 is 1. The van der Waals surface area contributed by atoms with E-state index in [1.807, 2.05) is 53.4 Å². The first-order valence-electron chi connectivity index (χ1n) is 9.70. The lowest BCUT2D eigenvalue weighted by atomic mass is 10.2. The molecule has 1 saturated heterocycles. The summed E-state index contributed by atoms with van der Waals surface area (Å²) in [4.78, 5) is 21.8. The number of carbonyl (C=O) groups is 1. The lowest BCUT2D eigenvalue weighted by Crippen LogP contribution is -2.48. The molecule has 1 aromatic heterocycles. The summed E-state index contributed by atoms with van der Waals surface area (Å²) in [5, 5.41) is 3.25. The first kappa shape index (κ1) is 18.8. The molecule has 1 aliphatic rings. The van der Waals surface area contributed by atoms with Crippen LogP contribution in [0.25, 0.3) is 0 Å². The molecular formula is C23H24N4O2. The van der Waals surface area contributed by atoms with Crippen molar-refractivity contribution in [2.45, 2.75) is 0 Å². The van der Waals surface area contributed by atoms with E-state index in [1.54, 1.807) is 19.4 Å². The third kappa shape index (κ3) is 4.16. The number of aromatic nitrogens is 1. The van der Waals surface area contributed by atoms with Gasteiger partial charge in [0.05, 0.1) is 18.4 Å². The van der Waals surface area contributed by atoms with Gasteiger partial charge in [0.1, 0.15) is 11.6 Å². The zero-order chi connectivity index (χ0) is 20.1. The quantitative estimate of drug-likeness (QED) is 0.721. The van der Waals surface area contributed by atoms with Crippen LogP contribution in [0.4, 0.5) is 17.2 Å². The van der Waals surface area contributed by atoms with Gasteiger partial charge < -0.3 is 19.9 Å². The summed E-state index contributed by atoms with van der Waals surface area (Å²) in [6.07, 6.45) is 1.68. The molecule has 0 spiro atoms. The SMILES string of the molecule is COc1ccccc1Nc1ncccc1C(=O)N1CCN(c2ccccc2)CC1. The van der Waals surface area contributed by atoms with Gasteiger partial charge in [0.15, 0.2) is 0 Å². The van der Waals surface area contributed by atoms with Crippen LogP contribution < -0.4 is 15.0 Å². The summed E-state index contributed by atoms with van der Waals surface area (Å²) < 4.78 is 5.40. The Hall–Kier alpha value is -3.54. The molecule has 29 heavy (non-hydrogen) atoms. The number of nitrogens with one attached hydrogen (secondary N) is 1. The van der Waals surface area contributed by atoms with Gasteiger partial charge in [0.25, 0.3) is 5.91 Å². The fraction of sp³-hybridized carbons (Fsp3) is 0.217. The van der Waals surface area contributed by atoms with Crippen LogP contribution in [0.3, 0.4) is 0 Å². The van der Waals surface area contributed by atoms with Gasteiger partial charge in [-0.25, -0.2) is 4.98 Å². The fourth-order valence-electron chi connectivity index (χ4n) is 3.53. The van der Waals surface area contributed by atoms with Crippen LogP contribution in [0.15, 0.2) is 72.9 Å². The molecule has 6 nitrogen and oxygen atoms in total. The largest absolute Gasteiger partial charge is 0.495 e. The molecule has 1 N–H and O–H groups in total. The highest BCUT2D eigenvalue weighted by molar-refractivity contribution is 5.99. The molecular weight excluding hydrogens is 364 g/mol. The van der Waals surface area contributed by atoms with E-state index in [0.29, 0.717) is 30.2 Å². The first-order valence-corrected chi connectivity index (χ1v) is 9.70. The van der Waals surface area contributed by atoms with Crippen LogP contribution in [-0.2, 0) is 0 Å². The van der Waals surface area contributed by atoms with Crippen molar-refractivity contribution in [2.75, 3.05) is 43.5 Å². The summed E-state index contributed by atoms with van der Waals surface area (Å²) in [5.41, 5.74) is 2.53. The first-order chi connectivity index (χ1) is 14.3. The minimum absolute atomic E-state index is 0.0109. The monoisotopic (exact) mass is 388 g/mol. The van der Waals surface area contributed by atoms with E-state index in [-0.39, 0.29) is 5.91 Å². The number of amides is 1. The Morgan fingerprint density at radius 3 is 2.41 bits per heavy atom. The second-order valence-electron chi connectivity index (χ2n) is 6.84. The van der Waals surface area contributed by atoms with Crippen LogP contribution in [0, 0.1) is 0 Å². The molecule has 1 fully saturated rings. The molecule has 1 amide bonds. The smallest absolute Gasteiger partial charge is 0.257 e. The molecule has 0 saturated carbocycles. The highest BCUT2D eigenvalue weighted by atomic mass is 16.5. The maximum atomic E-state index is 13.2. The molecule has 3 aromatic rings. The van der Waals surface area contributed by atoms with Crippen molar-refractivity contribution in [3.63, 3.8) is 0 Å². The van der Waals surface area contributed by atoms with Gasteiger partial charge >= 0.3 is 0 Å². The molecule has 0 bridgehead atoms. The standard InChI is InChI=1S/C23H24N4O2/c1-29-21-12-6-5-11-20(21)25-22-19(10-7-13-24-22)23(28)27-16-14-26(15-17-27)18-8-3-2-4-9-18/h2-13H,14-17H2,1H3,(H,24,25). The number of para-hydroxylation sites is 3. The Labute approximate surface area is 170 Å². The van der Waals surface area contributed by atoms with E-state index in [9.17, 15) is 4.79 Å². The number of piperazine rings is 1. The van der Waals surface area contributed by atoms with Gasteiger partial charge in [-0.15, -0.1) is 0 Å². The summed E-state index contributed by atoms with van der Waals surface area (Å²) in [6, 6.07) is 21.5. The van der Waals surface area contributed by atoms with Gasteiger partial charge in [-0.2, -0.15) is 0 Å². The van der Waals surface area contributed by atoms with Gasteiger partial charge in [-0.05, 0) is 36.4 Å². The molecule has 2 aromatic carbocycles. The predicted molar refractivity (Wildman–Crippen MR) is 115 cm³/mol. The van der Waals surface area contributed by atoms with Crippen molar-refractivity contribution >= 4 is 23.1 Å². The third-order valence-corrected chi connectivity index (χ3v) is 5.09. The zero-order valence-corrected chi connectivity index (χ0v) is 16.4. The van der Waals surface area contributed by atoms with Crippen LogP contribution in [0.2, 0.25) is 0 Å². The summed E-state index contributed by atoms with van der Waals surface area (Å²) in [6.45, 7) is 2.98. The number of carbonyl (C=O) groups excluding carboxylic acids is 1. The molecule has 0 radical (unpaired) electrons. The topological polar surface area (TPSA) is 57.7 Å². The van der Waals surface area contributed by atoms with Gasteiger partial charge in [-0.1, -0.05) is 30.3 Å². The summed E-state index contributed by atoms with van der Waals surface area (Å²) in [7, 11) is 1.62. The Balaban J connectivity index is 1.49. The van der Waals surface area contributed by atoms with Crippen LogP contribution >= 0.6 is 0 Å². The van der Waals surface area contributed by atoms with Crippen LogP contribution in [0.5, 0.6) is 5.75 Å². The Bertz CT molecular complexity index is 969. The maximum Gasteiger partial charge on any atom is 0.257 e. The predicted octanol–water partition coefficient (Wildman–Crippen LogP) is 3.80. The fourth-order valence-corrected chi connectivity index (χ4v) is 3.53. The van der Waals surface area contributed by atoms with E-state index in [4.69, 9.17) is 4.74 Å². The van der Waals surface area contributed by atoms with Gasteiger partial charge in [0, 0.05) is 38.1 Å². The van der Waals surface area contributed by atoms with Crippen molar-refractivity contribution in [3.05, 3.63) is 78.5 Å². The molecule has 2 heterocycles. The number of pyridine rings is 1. The Kier molecular flexibility index (Phi) is 5.61. The number of ether oxygens (including phenoxy) is 1. The Morgan fingerprint density at radius 1 is 0.931 bits per heavy atom. The van der Waals surface area contributed by atoms with Crippen molar-refractivity contribution in [1.82, 2.24) is 9.88 Å².